The van der Waals surface area contributed by atoms with Crippen molar-refractivity contribution in [1.82, 2.24) is 4.90 Å². The molecule has 2 unspecified atom stereocenters. The molecule has 1 aliphatic rings. The van der Waals surface area contributed by atoms with Gasteiger partial charge in [-0.05, 0) is 43.4 Å². The fraction of sp³-hybridized carbons (Fsp3) is 0.500. The minimum atomic E-state index is -0.925. The third kappa shape index (κ3) is 3.42. The van der Waals surface area contributed by atoms with Crippen molar-refractivity contribution in [1.29, 1.82) is 0 Å². The zero-order chi connectivity index (χ0) is 15.4. The molecule has 0 spiro atoms. The van der Waals surface area contributed by atoms with E-state index in [1.165, 1.54) is 4.90 Å². The van der Waals surface area contributed by atoms with E-state index in [2.05, 4.69) is 0 Å². The Hall–Kier alpha value is -1.88. The molecule has 0 bridgehead atoms. The maximum absolute atomic E-state index is 12.7. The van der Waals surface area contributed by atoms with Crippen molar-refractivity contribution >= 4 is 11.9 Å². The van der Waals surface area contributed by atoms with E-state index in [0.29, 0.717) is 37.4 Å². The van der Waals surface area contributed by atoms with Crippen LogP contribution < -0.4 is 5.73 Å². The van der Waals surface area contributed by atoms with Crippen LogP contribution in [0.4, 0.5) is 0 Å². The van der Waals surface area contributed by atoms with Crippen molar-refractivity contribution in [2.75, 3.05) is 13.1 Å². The maximum atomic E-state index is 12.7. The summed E-state index contributed by atoms with van der Waals surface area (Å²) in [5.41, 5.74) is 7.04. The molecule has 1 aromatic rings. The van der Waals surface area contributed by atoms with Gasteiger partial charge < -0.3 is 15.7 Å². The molecule has 1 amide bonds. The van der Waals surface area contributed by atoms with E-state index in [1.807, 2.05) is 19.1 Å². The average Bonchev–Trinajstić information content (AvgIpc) is 2.47. The number of carbonyl (C=O) groups is 2. The monoisotopic (exact) mass is 290 g/mol. The van der Waals surface area contributed by atoms with Gasteiger partial charge in [0.25, 0.3) is 5.91 Å². The van der Waals surface area contributed by atoms with Crippen LogP contribution in [0.2, 0.25) is 0 Å². The predicted octanol–water partition coefficient (Wildman–Crippen LogP) is 1.51. The largest absolute Gasteiger partial charge is 0.480 e. The zero-order valence-corrected chi connectivity index (χ0v) is 12.3. The van der Waals surface area contributed by atoms with Gasteiger partial charge in [-0.15, -0.1) is 0 Å². The van der Waals surface area contributed by atoms with Crippen LogP contribution in [0.1, 0.15) is 35.7 Å². The predicted molar refractivity (Wildman–Crippen MR) is 80.1 cm³/mol. The van der Waals surface area contributed by atoms with E-state index in [9.17, 15) is 14.7 Å². The number of likely N-dealkylation sites (tertiary alicyclic amines) is 1. The molecule has 114 valence electrons. The molecule has 2 rings (SSSR count). The van der Waals surface area contributed by atoms with Crippen LogP contribution in [0, 0.1) is 5.92 Å². The summed E-state index contributed by atoms with van der Waals surface area (Å²) in [4.78, 5) is 25.7. The molecule has 2 atom stereocenters. The van der Waals surface area contributed by atoms with Crippen molar-refractivity contribution in [3.8, 4) is 0 Å². The van der Waals surface area contributed by atoms with Crippen molar-refractivity contribution < 1.29 is 14.7 Å². The summed E-state index contributed by atoms with van der Waals surface area (Å²) in [7, 11) is 0. The highest BCUT2D eigenvalue weighted by atomic mass is 16.4. The first-order chi connectivity index (χ1) is 10.0. The Morgan fingerprint density at radius 1 is 1.38 bits per heavy atom. The summed E-state index contributed by atoms with van der Waals surface area (Å²) in [5, 5.41) is 9.38. The number of aliphatic carboxylic acids is 1. The summed E-state index contributed by atoms with van der Waals surface area (Å²) in [5.74, 6) is -0.793. The molecule has 21 heavy (non-hydrogen) atoms. The molecule has 1 saturated heterocycles. The van der Waals surface area contributed by atoms with E-state index in [0.717, 1.165) is 12.0 Å². The summed E-state index contributed by atoms with van der Waals surface area (Å²) in [6.45, 7) is 2.98. The molecule has 0 radical (unpaired) electrons. The van der Waals surface area contributed by atoms with Gasteiger partial charge in [0.2, 0.25) is 0 Å². The second-order valence-electron chi connectivity index (χ2n) is 5.68. The normalized spacial score (nSPS) is 22.1. The number of nitrogens with zero attached hydrogens (tertiary/aromatic N) is 1. The lowest BCUT2D eigenvalue weighted by Crippen LogP contribution is -2.50. The highest BCUT2D eigenvalue weighted by molar-refractivity contribution is 5.98. The molecule has 1 fully saturated rings. The SMILES string of the molecule is CC1CCN(C(=O)c2ccccc2CCN)C(C(=O)O)C1. The van der Waals surface area contributed by atoms with Crippen LogP contribution in [-0.4, -0.2) is 41.0 Å². The van der Waals surface area contributed by atoms with Crippen LogP contribution in [0.3, 0.4) is 0 Å². The van der Waals surface area contributed by atoms with Crippen molar-refractivity contribution in [3.63, 3.8) is 0 Å². The van der Waals surface area contributed by atoms with Gasteiger partial charge in [0, 0.05) is 12.1 Å². The van der Waals surface area contributed by atoms with Gasteiger partial charge in [0.1, 0.15) is 6.04 Å². The minimum absolute atomic E-state index is 0.196. The Kier molecular flexibility index (Phi) is 4.96. The van der Waals surface area contributed by atoms with E-state index < -0.39 is 12.0 Å². The second kappa shape index (κ2) is 6.72. The summed E-state index contributed by atoms with van der Waals surface area (Å²) < 4.78 is 0. The number of hydrogen-bond donors (Lipinski definition) is 2. The van der Waals surface area contributed by atoms with Gasteiger partial charge >= 0.3 is 5.97 Å². The summed E-state index contributed by atoms with van der Waals surface area (Å²) in [6, 6.07) is 6.57. The maximum Gasteiger partial charge on any atom is 0.326 e. The number of carboxylic acid groups (broad SMARTS) is 1. The highest BCUT2D eigenvalue weighted by Crippen LogP contribution is 2.25. The first kappa shape index (κ1) is 15.5. The lowest BCUT2D eigenvalue weighted by atomic mass is 9.91. The molecule has 3 N–H and O–H groups in total. The van der Waals surface area contributed by atoms with Crippen molar-refractivity contribution in [3.05, 3.63) is 35.4 Å². The van der Waals surface area contributed by atoms with Gasteiger partial charge in [-0.1, -0.05) is 25.1 Å². The lowest BCUT2D eigenvalue weighted by Gasteiger charge is -2.36. The number of nitrogens with two attached hydrogens (primary N) is 1. The van der Waals surface area contributed by atoms with Crippen LogP contribution in [-0.2, 0) is 11.2 Å². The Bertz CT molecular complexity index is 530. The first-order valence-corrected chi connectivity index (χ1v) is 7.36. The Morgan fingerprint density at radius 3 is 2.76 bits per heavy atom. The van der Waals surface area contributed by atoms with Crippen molar-refractivity contribution in [2.45, 2.75) is 32.2 Å². The zero-order valence-electron chi connectivity index (χ0n) is 12.3. The molecule has 0 saturated carbocycles. The third-order valence-corrected chi connectivity index (χ3v) is 4.07. The number of carbonyl (C=O) groups excluding carboxylic acids is 1. The Labute approximate surface area is 124 Å². The van der Waals surface area contributed by atoms with Gasteiger partial charge in [0.05, 0.1) is 0 Å². The topological polar surface area (TPSA) is 83.6 Å². The number of benzene rings is 1. The van der Waals surface area contributed by atoms with Crippen LogP contribution in [0.15, 0.2) is 24.3 Å². The van der Waals surface area contributed by atoms with Crippen LogP contribution >= 0.6 is 0 Å². The number of amides is 1. The highest BCUT2D eigenvalue weighted by Gasteiger charge is 2.35. The molecule has 1 aromatic carbocycles. The molecule has 1 aliphatic heterocycles. The molecule has 5 heteroatoms. The number of carboxylic acids is 1. The molecule has 1 heterocycles. The number of hydrogen-bond acceptors (Lipinski definition) is 3. The molecular formula is C16H22N2O3. The average molecular weight is 290 g/mol. The van der Waals surface area contributed by atoms with Crippen molar-refractivity contribution in [2.24, 2.45) is 11.7 Å². The lowest BCUT2D eigenvalue weighted by molar-refractivity contribution is -0.144. The van der Waals surface area contributed by atoms with E-state index in [1.54, 1.807) is 12.1 Å². The Balaban J connectivity index is 2.28. The molecule has 0 aliphatic carbocycles. The molecular weight excluding hydrogens is 268 g/mol. The quantitative estimate of drug-likeness (QED) is 0.880. The van der Waals surface area contributed by atoms with Crippen LogP contribution in [0.25, 0.3) is 0 Å². The third-order valence-electron chi connectivity index (χ3n) is 4.07. The summed E-state index contributed by atoms with van der Waals surface area (Å²) in [6.07, 6.45) is 1.97. The minimum Gasteiger partial charge on any atom is -0.480 e. The fourth-order valence-corrected chi connectivity index (χ4v) is 2.88. The number of rotatable bonds is 4. The van der Waals surface area contributed by atoms with Gasteiger partial charge in [-0.2, -0.15) is 0 Å². The van der Waals surface area contributed by atoms with E-state index in [4.69, 9.17) is 5.73 Å². The standard InChI is InChI=1S/C16H22N2O3/c1-11-7-9-18(14(10-11)16(20)21)15(19)13-5-3-2-4-12(13)6-8-17/h2-5,11,14H,6-10,17H2,1H3,(H,20,21). The van der Waals surface area contributed by atoms with Gasteiger partial charge in [-0.25, -0.2) is 4.79 Å². The fourth-order valence-electron chi connectivity index (χ4n) is 2.88. The summed E-state index contributed by atoms with van der Waals surface area (Å²) >= 11 is 0. The van der Waals surface area contributed by atoms with Gasteiger partial charge in [0.15, 0.2) is 0 Å². The number of piperidine rings is 1. The Morgan fingerprint density at radius 2 is 2.10 bits per heavy atom. The second-order valence-corrected chi connectivity index (χ2v) is 5.68. The first-order valence-electron chi connectivity index (χ1n) is 7.36. The van der Waals surface area contributed by atoms with Crippen LogP contribution in [0.5, 0.6) is 0 Å². The molecule has 0 aromatic heterocycles. The van der Waals surface area contributed by atoms with E-state index >= 15 is 0 Å². The molecule has 5 nitrogen and oxygen atoms in total. The van der Waals surface area contributed by atoms with Gasteiger partial charge in [-0.3, -0.25) is 4.79 Å². The van der Waals surface area contributed by atoms with E-state index in [-0.39, 0.29) is 5.91 Å². The smallest absolute Gasteiger partial charge is 0.326 e.